The Labute approximate surface area is 94.9 Å². The highest BCUT2D eigenvalue weighted by Gasteiger charge is 2.13. The summed E-state index contributed by atoms with van der Waals surface area (Å²) in [7, 11) is -1.87. The van der Waals surface area contributed by atoms with Crippen LogP contribution in [0.1, 0.15) is 17.3 Å². The second-order valence-electron chi connectivity index (χ2n) is 3.13. The van der Waals surface area contributed by atoms with E-state index in [2.05, 4.69) is 10.0 Å². The second kappa shape index (κ2) is 4.98. The zero-order valence-electron chi connectivity index (χ0n) is 9.15. The van der Waals surface area contributed by atoms with Gasteiger partial charge in [-0.05, 0) is 19.1 Å². The average Bonchev–Trinajstić information content (AvgIpc) is 2.28. The molecule has 0 radical (unpaired) electrons. The zero-order valence-corrected chi connectivity index (χ0v) is 9.97. The lowest BCUT2D eigenvalue weighted by atomic mass is 10.2. The second-order valence-corrected chi connectivity index (χ2v) is 5.14. The lowest BCUT2D eigenvalue weighted by Crippen LogP contribution is -2.22. The fourth-order valence-corrected chi connectivity index (χ4v) is 1.80. The van der Waals surface area contributed by atoms with Gasteiger partial charge in [-0.1, -0.05) is 12.1 Å². The maximum absolute atomic E-state index is 11.5. The van der Waals surface area contributed by atoms with Crippen LogP contribution in [0.2, 0.25) is 0 Å². The summed E-state index contributed by atoms with van der Waals surface area (Å²) in [5.41, 5.74) is 0.603. The van der Waals surface area contributed by atoms with E-state index in [-0.39, 0.29) is 11.7 Å². The number of benzene rings is 1. The van der Waals surface area contributed by atoms with Gasteiger partial charge in [-0.3, -0.25) is 9.52 Å². The first-order valence-electron chi connectivity index (χ1n) is 4.81. The number of sulfonamides is 1. The average molecular weight is 242 g/mol. The van der Waals surface area contributed by atoms with Gasteiger partial charge < -0.3 is 5.32 Å². The van der Waals surface area contributed by atoms with Crippen molar-refractivity contribution in [3.05, 3.63) is 29.8 Å². The Hall–Kier alpha value is -1.56. The van der Waals surface area contributed by atoms with Gasteiger partial charge in [-0.25, -0.2) is 8.42 Å². The molecular formula is C10H14N2O3S. The molecule has 0 aliphatic rings. The first-order chi connectivity index (χ1) is 7.50. The topological polar surface area (TPSA) is 75.3 Å². The van der Waals surface area contributed by atoms with Crippen molar-refractivity contribution >= 4 is 21.6 Å². The van der Waals surface area contributed by atoms with Gasteiger partial charge in [0.25, 0.3) is 5.91 Å². The van der Waals surface area contributed by atoms with Gasteiger partial charge in [0.1, 0.15) is 0 Å². The molecular weight excluding hydrogens is 228 g/mol. The maximum atomic E-state index is 11.5. The van der Waals surface area contributed by atoms with Gasteiger partial charge in [-0.15, -0.1) is 0 Å². The SMILES string of the molecule is CCS(=O)(=O)Nc1ccccc1C(=O)NC. The largest absolute Gasteiger partial charge is 0.355 e. The normalized spacial score (nSPS) is 10.9. The molecule has 1 rings (SSSR count). The Morgan fingerprint density at radius 2 is 1.94 bits per heavy atom. The van der Waals surface area contributed by atoms with Crippen molar-refractivity contribution in [3.63, 3.8) is 0 Å². The number of rotatable bonds is 4. The molecule has 0 aromatic heterocycles. The summed E-state index contributed by atoms with van der Waals surface area (Å²) >= 11 is 0. The van der Waals surface area contributed by atoms with Crippen molar-refractivity contribution in [2.24, 2.45) is 0 Å². The maximum Gasteiger partial charge on any atom is 0.253 e. The van der Waals surface area contributed by atoms with Crippen LogP contribution >= 0.6 is 0 Å². The molecule has 88 valence electrons. The number of amides is 1. The van der Waals surface area contributed by atoms with Crippen molar-refractivity contribution in [1.29, 1.82) is 0 Å². The van der Waals surface area contributed by atoms with E-state index in [0.29, 0.717) is 11.3 Å². The Morgan fingerprint density at radius 3 is 2.50 bits per heavy atom. The predicted molar refractivity (Wildman–Crippen MR) is 62.9 cm³/mol. The highest BCUT2D eigenvalue weighted by molar-refractivity contribution is 7.92. The zero-order chi connectivity index (χ0) is 12.2. The van der Waals surface area contributed by atoms with Crippen LogP contribution in [0, 0.1) is 0 Å². The monoisotopic (exact) mass is 242 g/mol. The molecule has 1 aromatic rings. The van der Waals surface area contributed by atoms with Crippen LogP contribution in [-0.4, -0.2) is 27.1 Å². The molecule has 5 nitrogen and oxygen atoms in total. The van der Waals surface area contributed by atoms with Crippen LogP contribution in [0.15, 0.2) is 24.3 Å². The predicted octanol–water partition coefficient (Wildman–Crippen LogP) is 0.808. The Kier molecular flexibility index (Phi) is 3.89. The summed E-state index contributed by atoms with van der Waals surface area (Å²) < 4.78 is 25.1. The standard InChI is InChI=1S/C10H14N2O3S/c1-3-16(14,15)12-9-7-5-4-6-8(9)10(13)11-2/h4-7,12H,3H2,1-2H3,(H,11,13). The number of nitrogens with one attached hydrogen (secondary N) is 2. The molecule has 0 spiro atoms. The molecule has 0 aliphatic heterocycles. The molecule has 1 aromatic carbocycles. The molecule has 1 amide bonds. The van der Waals surface area contributed by atoms with E-state index in [1.807, 2.05) is 0 Å². The number of hydrogen-bond acceptors (Lipinski definition) is 3. The molecule has 0 atom stereocenters. The molecule has 0 saturated carbocycles. The van der Waals surface area contributed by atoms with E-state index in [1.54, 1.807) is 24.3 Å². The van der Waals surface area contributed by atoms with E-state index in [9.17, 15) is 13.2 Å². The van der Waals surface area contributed by atoms with E-state index in [1.165, 1.54) is 14.0 Å². The first-order valence-corrected chi connectivity index (χ1v) is 6.47. The van der Waals surface area contributed by atoms with Crippen LogP contribution < -0.4 is 10.0 Å². The molecule has 2 N–H and O–H groups in total. The summed E-state index contributed by atoms with van der Waals surface area (Å²) in [4.78, 5) is 11.5. The number of hydrogen-bond donors (Lipinski definition) is 2. The number of para-hydroxylation sites is 1. The summed E-state index contributed by atoms with van der Waals surface area (Å²) in [6.45, 7) is 1.53. The third kappa shape index (κ3) is 2.96. The Balaban J connectivity index is 3.10. The summed E-state index contributed by atoms with van der Waals surface area (Å²) in [6, 6.07) is 6.46. The number of carbonyl (C=O) groups is 1. The molecule has 0 unspecified atom stereocenters. The first kappa shape index (κ1) is 12.5. The summed E-state index contributed by atoms with van der Waals surface area (Å²) in [5.74, 6) is -0.357. The van der Waals surface area contributed by atoms with Crippen LogP contribution in [0.5, 0.6) is 0 Å². The lowest BCUT2D eigenvalue weighted by Gasteiger charge is -2.10. The van der Waals surface area contributed by atoms with Crippen LogP contribution in [0.4, 0.5) is 5.69 Å². The quantitative estimate of drug-likeness (QED) is 0.820. The van der Waals surface area contributed by atoms with Gasteiger partial charge in [0.05, 0.1) is 17.0 Å². The van der Waals surface area contributed by atoms with E-state index in [4.69, 9.17) is 0 Å². The molecule has 0 aliphatic carbocycles. The molecule has 0 fully saturated rings. The van der Waals surface area contributed by atoms with E-state index in [0.717, 1.165) is 0 Å². The van der Waals surface area contributed by atoms with Gasteiger partial charge in [-0.2, -0.15) is 0 Å². The van der Waals surface area contributed by atoms with E-state index >= 15 is 0 Å². The fourth-order valence-electron chi connectivity index (χ4n) is 1.14. The third-order valence-electron chi connectivity index (χ3n) is 2.04. The summed E-state index contributed by atoms with van der Waals surface area (Å²) in [6.07, 6.45) is 0. The minimum Gasteiger partial charge on any atom is -0.355 e. The van der Waals surface area contributed by atoms with Crippen LogP contribution in [0.25, 0.3) is 0 Å². The van der Waals surface area contributed by atoms with Crippen molar-refractivity contribution in [1.82, 2.24) is 5.32 Å². The molecule has 0 saturated heterocycles. The third-order valence-corrected chi connectivity index (χ3v) is 3.34. The Bertz CT molecular complexity index is 483. The van der Waals surface area contributed by atoms with Crippen molar-refractivity contribution in [2.45, 2.75) is 6.92 Å². The minimum atomic E-state index is -3.37. The van der Waals surface area contributed by atoms with Crippen molar-refractivity contribution < 1.29 is 13.2 Å². The van der Waals surface area contributed by atoms with Gasteiger partial charge >= 0.3 is 0 Å². The lowest BCUT2D eigenvalue weighted by molar-refractivity contribution is 0.0964. The van der Waals surface area contributed by atoms with Crippen LogP contribution in [-0.2, 0) is 10.0 Å². The highest BCUT2D eigenvalue weighted by Crippen LogP contribution is 2.16. The number of anilines is 1. The van der Waals surface area contributed by atoms with Gasteiger partial charge in [0, 0.05) is 7.05 Å². The summed E-state index contributed by atoms with van der Waals surface area (Å²) in [5, 5.41) is 2.45. The van der Waals surface area contributed by atoms with Crippen molar-refractivity contribution in [2.75, 3.05) is 17.5 Å². The fraction of sp³-hybridized carbons (Fsp3) is 0.300. The highest BCUT2D eigenvalue weighted by atomic mass is 32.2. The minimum absolute atomic E-state index is 0.0327. The van der Waals surface area contributed by atoms with Gasteiger partial charge in [0.15, 0.2) is 0 Å². The molecule has 6 heteroatoms. The molecule has 16 heavy (non-hydrogen) atoms. The van der Waals surface area contributed by atoms with E-state index < -0.39 is 10.0 Å². The smallest absolute Gasteiger partial charge is 0.253 e. The van der Waals surface area contributed by atoms with Crippen LogP contribution in [0.3, 0.4) is 0 Å². The molecule has 0 heterocycles. The number of carbonyl (C=O) groups excluding carboxylic acids is 1. The van der Waals surface area contributed by atoms with Gasteiger partial charge in [0.2, 0.25) is 10.0 Å². The molecule has 0 bridgehead atoms. The Morgan fingerprint density at radius 1 is 1.31 bits per heavy atom. The van der Waals surface area contributed by atoms with Crippen molar-refractivity contribution in [3.8, 4) is 0 Å².